The molecule has 2 heterocycles. The zero-order valence-electron chi connectivity index (χ0n) is 13.4. The zero-order valence-corrected chi connectivity index (χ0v) is 13.4. The average molecular weight is 312 g/mol. The van der Waals surface area contributed by atoms with Gasteiger partial charge in [0, 0.05) is 18.4 Å². The number of carbonyl (C=O) groups is 1. The smallest absolute Gasteiger partial charge is 0.407 e. The third kappa shape index (κ3) is 3.26. The van der Waals surface area contributed by atoms with E-state index in [9.17, 15) is 4.79 Å². The molecule has 0 aliphatic heterocycles. The maximum atomic E-state index is 11.2. The van der Waals surface area contributed by atoms with E-state index in [1.165, 1.54) is 0 Å². The number of para-hydroxylation sites is 2. The summed E-state index contributed by atoms with van der Waals surface area (Å²) in [4.78, 5) is 20.4. The van der Waals surface area contributed by atoms with E-state index in [2.05, 4.69) is 21.5 Å². The molecule has 0 aliphatic rings. The molecule has 120 valence electrons. The van der Waals surface area contributed by atoms with Crippen molar-refractivity contribution in [3.8, 4) is 0 Å². The first-order valence-electron chi connectivity index (χ1n) is 7.83. The summed E-state index contributed by atoms with van der Waals surface area (Å²) < 4.78 is 6.86. The molecule has 0 aliphatic carbocycles. The van der Waals surface area contributed by atoms with E-state index in [-0.39, 0.29) is 6.09 Å². The Morgan fingerprint density at radius 1 is 1.30 bits per heavy atom. The van der Waals surface area contributed by atoms with E-state index >= 15 is 0 Å². The van der Waals surface area contributed by atoms with Gasteiger partial charge in [-0.15, -0.1) is 0 Å². The molecule has 0 saturated heterocycles. The second-order valence-electron chi connectivity index (χ2n) is 5.37. The SMILES string of the molecule is CCOC(=O)NCCCc1cn2c(nc1C)nc1ccccc12. The Kier molecular flexibility index (Phi) is 4.41. The third-order valence-corrected chi connectivity index (χ3v) is 3.76. The molecule has 23 heavy (non-hydrogen) atoms. The lowest BCUT2D eigenvalue weighted by atomic mass is 10.1. The van der Waals surface area contributed by atoms with E-state index in [0.717, 1.165) is 40.9 Å². The number of nitrogens with zero attached hydrogens (tertiary/aromatic N) is 3. The van der Waals surface area contributed by atoms with Crippen LogP contribution < -0.4 is 5.32 Å². The number of amides is 1. The first-order valence-corrected chi connectivity index (χ1v) is 7.83. The Morgan fingerprint density at radius 2 is 2.13 bits per heavy atom. The zero-order chi connectivity index (χ0) is 16.2. The van der Waals surface area contributed by atoms with Crippen molar-refractivity contribution in [2.45, 2.75) is 26.7 Å². The molecule has 2 aromatic heterocycles. The number of ether oxygens (including phenoxy) is 1. The van der Waals surface area contributed by atoms with Gasteiger partial charge in [0.15, 0.2) is 0 Å². The highest BCUT2D eigenvalue weighted by atomic mass is 16.5. The molecular weight excluding hydrogens is 292 g/mol. The van der Waals surface area contributed by atoms with Crippen LogP contribution in [0.4, 0.5) is 4.79 Å². The fourth-order valence-corrected chi connectivity index (χ4v) is 2.61. The molecule has 1 aromatic carbocycles. The van der Waals surface area contributed by atoms with Crippen LogP contribution >= 0.6 is 0 Å². The predicted octanol–water partition coefficient (Wildman–Crippen LogP) is 2.87. The number of fused-ring (bicyclic) bond motifs is 3. The molecule has 0 spiro atoms. The number of benzene rings is 1. The lowest BCUT2D eigenvalue weighted by Crippen LogP contribution is -2.25. The molecule has 1 N–H and O–H groups in total. The van der Waals surface area contributed by atoms with Gasteiger partial charge in [-0.25, -0.2) is 14.8 Å². The van der Waals surface area contributed by atoms with Crippen LogP contribution in [-0.2, 0) is 11.2 Å². The quantitative estimate of drug-likeness (QED) is 0.736. The summed E-state index contributed by atoms with van der Waals surface area (Å²) in [7, 11) is 0. The van der Waals surface area contributed by atoms with Crippen LogP contribution in [0, 0.1) is 6.92 Å². The molecular formula is C17H20N4O2. The maximum Gasteiger partial charge on any atom is 0.407 e. The Labute approximate surface area is 134 Å². The van der Waals surface area contributed by atoms with Gasteiger partial charge < -0.3 is 10.1 Å². The fraction of sp³-hybridized carbons (Fsp3) is 0.353. The number of aromatic nitrogens is 3. The molecule has 6 nitrogen and oxygen atoms in total. The number of carbonyl (C=O) groups excluding carboxylic acids is 1. The highest BCUT2D eigenvalue weighted by Gasteiger charge is 2.09. The second-order valence-corrected chi connectivity index (χ2v) is 5.37. The van der Waals surface area contributed by atoms with Gasteiger partial charge in [-0.1, -0.05) is 12.1 Å². The van der Waals surface area contributed by atoms with Crippen LogP contribution in [0.15, 0.2) is 30.5 Å². The number of nitrogens with one attached hydrogen (secondary N) is 1. The minimum atomic E-state index is -0.363. The Balaban J connectivity index is 1.74. The van der Waals surface area contributed by atoms with Crippen LogP contribution in [0.1, 0.15) is 24.6 Å². The average Bonchev–Trinajstić information content (AvgIpc) is 2.89. The minimum Gasteiger partial charge on any atom is -0.450 e. The summed E-state index contributed by atoms with van der Waals surface area (Å²) in [6, 6.07) is 8.00. The number of aryl methyl sites for hydroxylation is 2. The van der Waals surface area contributed by atoms with Crippen LogP contribution in [0.3, 0.4) is 0 Å². The standard InChI is InChI=1S/C17H20N4O2/c1-3-23-17(22)18-10-6-7-13-11-21-15-9-5-4-8-14(15)20-16(21)19-12(13)2/h4-5,8-9,11H,3,6-7,10H2,1-2H3,(H,18,22). The van der Waals surface area contributed by atoms with Crippen molar-refractivity contribution in [2.75, 3.05) is 13.2 Å². The van der Waals surface area contributed by atoms with Crippen molar-refractivity contribution in [1.29, 1.82) is 0 Å². The summed E-state index contributed by atoms with van der Waals surface area (Å²) in [5.74, 6) is 0.720. The molecule has 0 radical (unpaired) electrons. The van der Waals surface area contributed by atoms with E-state index in [4.69, 9.17) is 4.74 Å². The van der Waals surface area contributed by atoms with Gasteiger partial charge in [0.2, 0.25) is 5.78 Å². The largest absolute Gasteiger partial charge is 0.450 e. The molecule has 0 saturated carbocycles. The Bertz CT molecular complexity index is 841. The summed E-state index contributed by atoms with van der Waals surface area (Å²) in [5, 5.41) is 2.73. The minimum absolute atomic E-state index is 0.363. The molecule has 0 bridgehead atoms. The molecule has 1 amide bonds. The highest BCUT2D eigenvalue weighted by molar-refractivity contribution is 5.79. The molecule has 0 unspecified atom stereocenters. The van der Waals surface area contributed by atoms with Crippen molar-refractivity contribution in [3.05, 3.63) is 41.7 Å². The first-order chi connectivity index (χ1) is 11.2. The van der Waals surface area contributed by atoms with Gasteiger partial charge in [-0.2, -0.15) is 0 Å². The van der Waals surface area contributed by atoms with Crippen molar-refractivity contribution < 1.29 is 9.53 Å². The lowest BCUT2D eigenvalue weighted by molar-refractivity contribution is 0.152. The van der Waals surface area contributed by atoms with Gasteiger partial charge in [-0.3, -0.25) is 4.40 Å². The second kappa shape index (κ2) is 6.64. The number of hydrogen-bond donors (Lipinski definition) is 1. The maximum absolute atomic E-state index is 11.2. The Hall–Kier alpha value is -2.63. The van der Waals surface area contributed by atoms with E-state index < -0.39 is 0 Å². The number of hydrogen-bond acceptors (Lipinski definition) is 4. The third-order valence-electron chi connectivity index (χ3n) is 3.76. The first kappa shape index (κ1) is 15.3. The topological polar surface area (TPSA) is 68.5 Å². The highest BCUT2D eigenvalue weighted by Crippen LogP contribution is 2.17. The molecule has 3 rings (SSSR count). The number of imidazole rings is 1. The fourth-order valence-electron chi connectivity index (χ4n) is 2.61. The molecule has 3 aromatic rings. The summed E-state index contributed by atoms with van der Waals surface area (Å²) in [6.45, 7) is 4.76. The molecule has 0 atom stereocenters. The Morgan fingerprint density at radius 3 is 2.96 bits per heavy atom. The van der Waals surface area contributed by atoms with Crippen LogP contribution in [-0.4, -0.2) is 33.6 Å². The predicted molar refractivity (Wildman–Crippen MR) is 88.6 cm³/mol. The van der Waals surface area contributed by atoms with E-state index in [1.807, 2.05) is 35.6 Å². The van der Waals surface area contributed by atoms with E-state index in [1.54, 1.807) is 6.92 Å². The summed E-state index contributed by atoms with van der Waals surface area (Å²) in [6.07, 6.45) is 3.41. The monoisotopic (exact) mass is 312 g/mol. The van der Waals surface area contributed by atoms with Crippen molar-refractivity contribution >= 4 is 22.9 Å². The number of rotatable bonds is 5. The van der Waals surface area contributed by atoms with Gasteiger partial charge in [0.05, 0.1) is 17.6 Å². The molecule has 0 fully saturated rings. The van der Waals surface area contributed by atoms with Crippen molar-refractivity contribution in [1.82, 2.24) is 19.7 Å². The van der Waals surface area contributed by atoms with Crippen LogP contribution in [0.5, 0.6) is 0 Å². The van der Waals surface area contributed by atoms with Gasteiger partial charge in [0.25, 0.3) is 0 Å². The van der Waals surface area contributed by atoms with Crippen molar-refractivity contribution in [2.24, 2.45) is 0 Å². The van der Waals surface area contributed by atoms with E-state index in [0.29, 0.717) is 13.2 Å². The summed E-state index contributed by atoms with van der Waals surface area (Å²) >= 11 is 0. The normalized spacial score (nSPS) is 11.0. The van der Waals surface area contributed by atoms with Gasteiger partial charge >= 0.3 is 6.09 Å². The van der Waals surface area contributed by atoms with Gasteiger partial charge in [-0.05, 0) is 44.4 Å². The van der Waals surface area contributed by atoms with Crippen LogP contribution in [0.2, 0.25) is 0 Å². The van der Waals surface area contributed by atoms with Crippen LogP contribution in [0.25, 0.3) is 16.8 Å². The van der Waals surface area contributed by atoms with Crippen molar-refractivity contribution in [3.63, 3.8) is 0 Å². The summed E-state index contributed by atoms with van der Waals surface area (Å²) in [5.41, 5.74) is 4.14. The number of alkyl carbamates (subject to hydrolysis) is 1. The molecule has 6 heteroatoms. The lowest BCUT2D eigenvalue weighted by Gasteiger charge is -2.08. The van der Waals surface area contributed by atoms with Gasteiger partial charge in [0.1, 0.15) is 0 Å².